The number of aromatic nitrogens is 2. The molecule has 94 valence electrons. The van der Waals surface area contributed by atoms with Gasteiger partial charge in [0.2, 0.25) is 11.6 Å². The summed E-state index contributed by atoms with van der Waals surface area (Å²) in [5.74, 6) is 0.171. The van der Waals surface area contributed by atoms with Crippen LogP contribution in [0.1, 0.15) is 5.56 Å². The van der Waals surface area contributed by atoms with Crippen molar-refractivity contribution in [2.75, 3.05) is 0 Å². The number of nitrogens with zero attached hydrogens (tertiary/aromatic N) is 4. The predicted molar refractivity (Wildman–Crippen MR) is 67.6 cm³/mol. The van der Waals surface area contributed by atoms with Crippen LogP contribution in [-0.2, 0) is 0 Å². The van der Waals surface area contributed by atoms with Gasteiger partial charge in [-0.2, -0.15) is 5.26 Å². The molecular formula is C11H5BrN4O3. The van der Waals surface area contributed by atoms with Gasteiger partial charge in [-0.15, -0.1) is 0 Å². The van der Waals surface area contributed by atoms with Gasteiger partial charge in [0.15, 0.2) is 0 Å². The molecule has 0 radical (unpaired) electrons. The summed E-state index contributed by atoms with van der Waals surface area (Å²) in [5, 5.41) is 19.6. The third-order valence-corrected chi connectivity index (χ3v) is 2.54. The highest BCUT2D eigenvalue weighted by Crippen LogP contribution is 2.31. The monoisotopic (exact) mass is 320 g/mol. The maximum absolute atomic E-state index is 10.9. The molecule has 1 aromatic carbocycles. The topological polar surface area (TPSA) is 102 Å². The summed E-state index contributed by atoms with van der Waals surface area (Å²) in [6, 6.07) is 7.23. The Bertz CT molecular complexity index is 684. The van der Waals surface area contributed by atoms with Crippen molar-refractivity contribution in [1.82, 2.24) is 9.97 Å². The molecule has 1 aromatic heterocycles. The van der Waals surface area contributed by atoms with Crippen molar-refractivity contribution in [2.45, 2.75) is 0 Å². The summed E-state index contributed by atoms with van der Waals surface area (Å²) < 4.78 is 5.81. The molecule has 2 aromatic rings. The molecule has 0 aliphatic rings. The molecule has 0 saturated heterocycles. The van der Waals surface area contributed by atoms with Gasteiger partial charge in [-0.3, -0.25) is 10.1 Å². The second-order valence-corrected chi connectivity index (χ2v) is 4.14. The maximum atomic E-state index is 10.9. The Morgan fingerprint density at radius 2 is 2.16 bits per heavy atom. The van der Waals surface area contributed by atoms with Crippen molar-refractivity contribution in [3.05, 3.63) is 50.9 Å². The number of ether oxygens (including phenoxy) is 1. The molecule has 1 heterocycles. The Morgan fingerprint density at radius 3 is 2.79 bits per heavy atom. The molecule has 0 saturated carbocycles. The van der Waals surface area contributed by atoms with Crippen LogP contribution in [-0.4, -0.2) is 14.9 Å². The van der Waals surface area contributed by atoms with Gasteiger partial charge in [0, 0.05) is 12.1 Å². The van der Waals surface area contributed by atoms with Crippen LogP contribution < -0.4 is 4.74 Å². The van der Waals surface area contributed by atoms with E-state index in [0.29, 0.717) is 4.60 Å². The minimum atomic E-state index is -0.619. The lowest BCUT2D eigenvalue weighted by atomic mass is 10.2. The normalized spacial score (nSPS) is 9.68. The highest BCUT2D eigenvalue weighted by molar-refractivity contribution is 9.10. The van der Waals surface area contributed by atoms with Gasteiger partial charge >= 0.3 is 5.69 Å². The Hall–Kier alpha value is -2.53. The molecule has 0 spiro atoms. The highest BCUT2D eigenvalue weighted by Gasteiger charge is 2.17. The molecular weight excluding hydrogens is 316 g/mol. The second kappa shape index (κ2) is 5.41. The minimum Gasteiger partial charge on any atom is -0.432 e. The van der Waals surface area contributed by atoms with Crippen molar-refractivity contribution >= 4 is 21.6 Å². The molecule has 0 N–H and O–H groups in total. The quantitative estimate of drug-likeness (QED) is 0.489. The van der Waals surface area contributed by atoms with Gasteiger partial charge in [0.25, 0.3) is 0 Å². The Labute approximate surface area is 115 Å². The second-order valence-electron chi connectivity index (χ2n) is 3.33. The zero-order valence-corrected chi connectivity index (χ0v) is 10.9. The number of benzene rings is 1. The zero-order valence-electron chi connectivity index (χ0n) is 9.28. The summed E-state index contributed by atoms with van der Waals surface area (Å²) in [6.07, 6.45) is 1.26. The summed E-state index contributed by atoms with van der Waals surface area (Å²) in [4.78, 5) is 17.9. The third kappa shape index (κ3) is 3.02. The van der Waals surface area contributed by atoms with Gasteiger partial charge in [0.1, 0.15) is 10.9 Å². The van der Waals surface area contributed by atoms with Crippen molar-refractivity contribution < 1.29 is 9.66 Å². The van der Waals surface area contributed by atoms with Crippen LogP contribution in [0.2, 0.25) is 0 Å². The number of hydrogen-bond acceptors (Lipinski definition) is 6. The van der Waals surface area contributed by atoms with Crippen LogP contribution in [0.15, 0.2) is 35.2 Å². The Morgan fingerprint density at radius 1 is 1.37 bits per heavy atom. The molecule has 2 rings (SSSR count). The molecule has 0 aliphatic carbocycles. The van der Waals surface area contributed by atoms with Crippen molar-refractivity contribution in [1.29, 1.82) is 5.26 Å². The molecule has 19 heavy (non-hydrogen) atoms. The number of nitro groups is 1. The first-order valence-corrected chi connectivity index (χ1v) is 5.73. The smallest absolute Gasteiger partial charge is 0.312 e. The van der Waals surface area contributed by atoms with E-state index in [4.69, 9.17) is 10.00 Å². The van der Waals surface area contributed by atoms with E-state index < -0.39 is 4.92 Å². The third-order valence-electron chi connectivity index (χ3n) is 2.11. The van der Waals surface area contributed by atoms with Gasteiger partial charge in [-0.25, -0.2) is 9.97 Å². The first kappa shape index (κ1) is 12.9. The van der Waals surface area contributed by atoms with E-state index in [9.17, 15) is 10.1 Å². The molecule has 0 atom stereocenters. The lowest BCUT2D eigenvalue weighted by molar-refractivity contribution is -0.385. The van der Waals surface area contributed by atoms with Crippen molar-refractivity contribution in [3.63, 3.8) is 0 Å². The van der Waals surface area contributed by atoms with E-state index in [1.165, 1.54) is 24.5 Å². The fourth-order valence-electron chi connectivity index (χ4n) is 1.30. The van der Waals surface area contributed by atoms with E-state index in [2.05, 4.69) is 25.9 Å². The lowest BCUT2D eigenvalue weighted by Gasteiger charge is -2.05. The number of nitro benzene ring substituents is 1. The fourth-order valence-corrected chi connectivity index (χ4v) is 1.59. The lowest BCUT2D eigenvalue weighted by Crippen LogP contribution is -1.95. The molecule has 0 aliphatic heterocycles. The summed E-state index contributed by atoms with van der Waals surface area (Å²) >= 11 is 3.14. The van der Waals surface area contributed by atoms with Crippen molar-refractivity contribution in [2.24, 2.45) is 0 Å². The highest BCUT2D eigenvalue weighted by atomic mass is 79.9. The number of halogens is 1. The first-order chi connectivity index (χ1) is 9.10. The van der Waals surface area contributed by atoms with Crippen LogP contribution in [0.3, 0.4) is 0 Å². The molecule has 0 bridgehead atoms. The van der Waals surface area contributed by atoms with E-state index in [1.807, 2.05) is 6.07 Å². The fraction of sp³-hybridized carbons (Fsp3) is 0. The first-order valence-electron chi connectivity index (χ1n) is 4.94. The van der Waals surface area contributed by atoms with E-state index in [1.54, 1.807) is 0 Å². The van der Waals surface area contributed by atoms with Gasteiger partial charge in [-0.05, 0) is 28.1 Å². The van der Waals surface area contributed by atoms with Crippen LogP contribution >= 0.6 is 15.9 Å². The summed E-state index contributed by atoms with van der Waals surface area (Å²) in [5.41, 5.74) is -0.114. The van der Waals surface area contributed by atoms with E-state index in [0.717, 1.165) is 6.07 Å². The Balaban J connectivity index is 2.40. The molecule has 0 amide bonds. The molecule has 8 heteroatoms. The Kier molecular flexibility index (Phi) is 3.68. The van der Waals surface area contributed by atoms with Crippen LogP contribution in [0.25, 0.3) is 0 Å². The largest absolute Gasteiger partial charge is 0.432 e. The van der Waals surface area contributed by atoms with Crippen LogP contribution in [0, 0.1) is 21.4 Å². The van der Waals surface area contributed by atoms with Gasteiger partial charge < -0.3 is 4.74 Å². The number of hydrogen-bond donors (Lipinski definition) is 0. The average molecular weight is 321 g/mol. The predicted octanol–water partition coefficient (Wildman–Crippen LogP) is 2.81. The minimum absolute atomic E-state index is 0.00889. The van der Waals surface area contributed by atoms with Gasteiger partial charge in [-0.1, -0.05) is 0 Å². The van der Waals surface area contributed by atoms with Crippen LogP contribution in [0.4, 0.5) is 5.69 Å². The molecule has 0 fully saturated rings. The van der Waals surface area contributed by atoms with E-state index in [-0.39, 0.29) is 22.9 Å². The maximum Gasteiger partial charge on any atom is 0.312 e. The molecule has 7 nitrogen and oxygen atoms in total. The van der Waals surface area contributed by atoms with Crippen molar-refractivity contribution in [3.8, 4) is 17.7 Å². The van der Waals surface area contributed by atoms with E-state index >= 15 is 0 Å². The van der Waals surface area contributed by atoms with Crippen LogP contribution in [0.5, 0.6) is 11.6 Å². The summed E-state index contributed by atoms with van der Waals surface area (Å²) in [6.45, 7) is 0. The van der Waals surface area contributed by atoms with Gasteiger partial charge in [0.05, 0.1) is 16.6 Å². The average Bonchev–Trinajstić information content (AvgIpc) is 2.39. The molecule has 0 unspecified atom stereocenters. The SMILES string of the molecule is N#Cc1ccc(Oc2cc(Br)ncn2)c([N+](=O)[O-])c1. The number of rotatable bonds is 3. The number of nitriles is 1. The zero-order chi connectivity index (χ0) is 13.8. The standard InChI is InChI=1S/C11H5BrN4O3/c12-10-4-11(15-6-14-10)19-9-2-1-7(5-13)3-8(9)16(17)18/h1-4,6H. The summed E-state index contributed by atoms with van der Waals surface area (Å²) in [7, 11) is 0.